The van der Waals surface area contributed by atoms with E-state index in [-0.39, 0.29) is 102 Å². The van der Waals surface area contributed by atoms with Gasteiger partial charge >= 0.3 is 26.1 Å². The van der Waals surface area contributed by atoms with Gasteiger partial charge in [-0.15, -0.1) is 0 Å². The van der Waals surface area contributed by atoms with E-state index >= 15 is 17.6 Å². The SMILES string of the molecule is COC(=O)N[C@H](C(=O)N1CCC[C@H]1c1nc2cc(F)c([C@H]3CC[C@H](c4cc5nc([C@@H]6CCCN6C(=O)[C@@H](NC(=O)OC)[C@@H](C)OC)n(C(=O)OCCCOP(=O)(O)O)c5cc4F)N3c3cc(F)c(N4CCC(c5ccc(F)cc5)CC4)c(F)c3)cc2[nH]1)[C@@H](C)OC. The van der Waals surface area contributed by atoms with Crippen LogP contribution >= 0.6 is 7.82 Å². The number of nitrogens with zero attached hydrogens (tertiary/aromatic N) is 7. The van der Waals surface area contributed by atoms with E-state index in [0.717, 1.165) is 35.4 Å². The van der Waals surface area contributed by atoms with E-state index in [4.69, 9.17) is 33.7 Å². The number of carbonyl (C=O) groups excluding carboxylic acids is 5. The van der Waals surface area contributed by atoms with E-state index in [2.05, 4.69) is 20.1 Å². The van der Waals surface area contributed by atoms with Crippen molar-refractivity contribution in [1.82, 2.24) is 40.0 Å². The Hall–Kier alpha value is -7.95. The van der Waals surface area contributed by atoms with Gasteiger partial charge in [-0.2, -0.15) is 0 Å². The van der Waals surface area contributed by atoms with E-state index in [0.29, 0.717) is 50.0 Å². The molecule has 6 heterocycles. The van der Waals surface area contributed by atoms with Gasteiger partial charge in [0, 0.05) is 75.8 Å². The van der Waals surface area contributed by atoms with Gasteiger partial charge in [-0.25, -0.2) is 55.4 Å². The summed E-state index contributed by atoms with van der Waals surface area (Å²) in [5.41, 5.74) is 0.901. The van der Waals surface area contributed by atoms with Crippen molar-refractivity contribution in [2.75, 3.05) is 77.6 Å². The van der Waals surface area contributed by atoms with Crippen LogP contribution in [0.4, 0.5) is 47.7 Å². The number of hydrogen-bond donors (Lipinski definition) is 5. The fourth-order valence-corrected chi connectivity index (χ4v) is 13.4. The fraction of sp³-hybridized carbons (Fsp3) is 0.492. The first kappa shape index (κ1) is 66.0. The van der Waals surface area contributed by atoms with Crippen LogP contribution in [0.15, 0.2) is 60.7 Å². The van der Waals surface area contributed by atoms with Crippen molar-refractivity contribution >= 4 is 71.4 Å². The molecule has 0 bridgehead atoms. The number of ether oxygens (including phenoxy) is 5. The molecule has 0 saturated carbocycles. The lowest BCUT2D eigenvalue weighted by atomic mass is 9.89. The quantitative estimate of drug-likeness (QED) is 0.0206. The molecule has 8 atom stereocenters. The van der Waals surface area contributed by atoms with Crippen LogP contribution < -0.4 is 20.4 Å². The second-order valence-corrected chi connectivity index (χ2v) is 24.3. The smallest absolute Gasteiger partial charge is 0.453 e. The zero-order chi connectivity index (χ0) is 65.2. The molecule has 0 spiro atoms. The number of carbonyl (C=O) groups is 5. The standard InChI is InChI=1S/C61H72F5N10O14P/c1-32(85-3)52(70-59(79)87-5)57(77)73-20-7-10-49(73)55-67-44-28-38(40(63)30-45(44)68-55)47-16-17-48(75(47)37-26-42(65)54(43(66)27-37)72-22-18-35(19-23-72)34-12-14-36(62)15-13-34)39-29-46-51(31-41(39)64)76(61(81)89-24-9-25-90-91(82,83)84)56(69-46)50-11-8-21-74(50)58(78)53(33(2)86-4)71-60(80)88-6/h12-15,26-33,35,47-50,52-53H,7-11,16-25H2,1-6H3,(H,67,68)(H,70,79)(H,71,80)(H2,82,83,84)/t32-,33-,47-,48-,49+,50+,52+,53+/m1/s1. The normalized spacial score (nSPS) is 20.3. The number of amides is 4. The van der Waals surface area contributed by atoms with Crippen molar-refractivity contribution < 1.29 is 88.5 Å². The minimum atomic E-state index is -4.88. The predicted molar refractivity (Wildman–Crippen MR) is 318 cm³/mol. The molecule has 10 rings (SSSR count). The number of halogens is 5. The van der Waals surface area contributed by atoms with Gasteiger partial charge in [-0.05, 0) is 113 Å². The molecule has 0 unspecified atom stereocenters. The van der Waals surface area contributed by atoms with Crippen LogP contribution in [0.5, 0.6) is 0 Å². The monoisotopic (exact) mass is 1290 g/mol. The maximum absolute atomic E-state index is 17.7. The Morgan fingerprint density at radius 1 is 0.659 bits per heavy atom. The molecule has 91 heavy (non-hydrogen) atoms. The van der Waals surface area contributed by atoms with Gasteiger partial charge in [0.05, 0.1) is 85.9 Å². The van der Waals surface area contributed by atoms with Crippen LogP contribution in [0.3, 0.4) is 0 Å². The first-order valence-electron chi connectivity index (χ1n) is 29.9. The van der Waals surface area contributed by atoms with E-state index in [9.17, 15) is 42.7 Å². The molecule has 4 aromatic carbocycles. The lowest BCUT2D eigenvalue weighted by molar-refractivity contribution is -0.138. The molecule has 4 amide bonds. The van der Waals surface area contributed by atoms with Gasteiger partial charge in [0.15, 0.2) is 11.6 Å². The third-order valence-electron chi connectivity index (χ3n) is 17.7. The maximum Gasteiger partial charge on any atom is 0.469 e. The Morgan fingerprint density at radius 2 is 1.22 bits per heavy atom. The summed E-state index contributed by atoms with van der Waals surface area (Å²) in [6, 6.07) is 7.27. The number of fused-ring (bicyclic) bond motifs is 2. The largest absolute Gasteiger partial charge is 0.469 e. The third-order valence-corrected chi connectivity index (χ3v) is 18.3. The Labute approximate surface area is 519 Å². The Bertz CT molecular complexity index is 3710. The van der Waals surface area contributed by atoms with E-state index in [1.54, 1.807) is 40.7 Å². The van der Waals surface area contributed by atoms with Gasteiger partial charge < -0.3 is 68.7 Å². The minimum Gasteiger partial charge on any atom is -0.453 e. The molecule has 2 aromatic heterocycles. The molecule has 0 radical (unpaired) electrons. The van der Waals surface area contributed by atoms with Gasteiger partial charge in [0.1, 0.15) is 46.9 Å². The van der Waals surface area contributed by atoms with Crippen molar-refractivity contribution in [2.24, 2.45) is 0 Å². The Kier molecular flexibility index (Phi) is 20.2. The van der Waals surface area contributed by atoms with Crippen molar-refractivity contribution in [3.05, 3.63) is 118 Å². The van der Waals surface area contributed by atoms with E-state index in [1.807, 2.05) is 0 Å². The third kappa shape index (κ3) is 14.0. The molecule has 490 valence electrons. The van der Waals surface area contributed by atoms with Gasteiger partial charge in [0.25, 0.3) is 0 Å². The van der Waals surface area contributed by atoms with Crippen molar-refractivity contribution in [3.63, 3.8) is 0 Å². The number of aromatic nitrogens is 4. The highest BCUT2D eigenvalue weighted by molar-refractivity contribution is 7.46. The zero-order valence-electron chi connectivity index (χ0n) is 50.8. The molecule has 0 aliphatic carbocycles. The number of benzene rings is 4. The number of hydrogen-bond acceptors (Lipinski definition) is 16. The van der Waals surface area contributed by atoms with E-state index < -0.39 is 123 Å². The van der Waals surface area contributed by atoms with Crippen LogP contribution in [0.2, 0.25) is 0 Å². The summed E-state index contributed by atoms with van der Waals surface area (Å²) in [6.07, 6.45) is -1.93. The molecule has 5 N–H and O–H groups in total. The Morgan fingerprint density at radius 3 is 1.79 bits per heavy atom. The maximum atomic E-state index is 17.7. The first-order chi connectivity index (χ1) is 43.5. The van der Waals surface area contributed by atoms with Crippen LogP contribution in [-0.2, 0) is 42.4 Å². The summed E-state index contributed by atoms with van der Waals surface area (Å²) >= 11 is 0. The van der Waals surface area contributed by atoms with Crippen LogP contribution in [0.1, 0.15) is 130 Å². The second-order valence-electron chi connectivity index (χ2n) is 23.0. The number of nitrogens with one attached hydrogen (secondary N) is 3. The summed E-state index contributed by atoms with van der Waals surface area (Å²) in [5.74, 6) is -4.82. The summed E-state index contributed by atoms with van der Waals surface area (Å²) in [4.78, 5) is 105. The molecular formula is C61H72F5N10O14P. The predicted octanol–water partition coefficient (Wildman–Crippen LogP) is 9.41. The molecule has 30 heteroatoms. The average Bonchev–Trinajstić information content (AvgIpc) is 1.65. The second kappa shape index (κ2) is 27.9. The number of H-pyrrole nitrogens is 1. The molecule has 4 aliphatic heterocycles. The highest BCUT2D eigenvalue weighted by Crippen LogP contribution is 2.51. The highest BCUT2D eigenvalue weighted by Gasteiger charge is 2.44. The van der Waals surface area contributed by atoms with Crippen LogP contribution in [0, 0.1) is 29.1 Å². The zero-order valence-corrected chi connectivity index (χ0v) is 51.7. The number of likely N-dealkylation sites (tertiary alicyclic amines) is 2. The first-order valence-corrected chi connectivity index (χ1v) is 31.5. The molecular weight excluding hydrogens is 1220 g/mol. The van der Waals surface area contributed by atoms with E-state index in [1.165, 1.54) is 56.6 Å². The van der Waals surface area contributed by atoms with Crippen molar-refractivity contribution in [1.29, 1.82) is 0 Å². The number of phosphoric acid groups is 1. The summed E-state index contributed by atoms with van der Waals surface area (Å²) < 4.78 is 126. The number of methoxy groups -OCH3 is 4. The fourth-order valence-electron chi connectivity index (χ4n) is 13.1. The van der Waals surface area contributed by atoms with Gasteiger partial charge in [-0.1, -0.05) is 12.1 Å². The highest BCUT2D eigenvalue weighted by atomic mass is 31.2. The average molecular weight is 1300 g/mol. The minimum absolute atomic E-state index is 0.00299. The Balaban J connectivity index is 1.04. The number of alkyl carbamates (subject to hydrolysis) is 2. The summed E-state index contributed by atoms with van der Waals surface area (Å²) in [6.45, 7) is 3.15. The van der Waals surface area contributed by atoms with Crippen molar-refractivity contribution in [2.45, 2.75) is 126 Å². The number of phosphoric ester groups is 1. The van der Waals surface area contributed by atoms with Gasteiger partial charge in [0.2, 0.25) is 11.8 Å². The number of anilines is 2. The molecule has 4 fully saturated rings. The molecule has 24 nitrogen and oxygen atoms in total. The molecule has 6 aromatic rings. The number of rotatable bonds is 20. The topological polar surface area (TPSA) is 282 Å². The van der Waals surface area contributed by atoms with Crippen molar-refractivity contribution in [3.8, 4) is 0 Å². The molecule has 4 aliphatic rings. The summed E-state index contributed by atoms with van der Waals surface area (Å²) in [7, 11) is 0.147. The van der Waals surface area contributed by atoms with Crippen LogP contribution in [-0.4, -0.2) is 161 Å². The number of piperidine rings is 1. The lowest BCUT2D eigenvalue weighted by Crippen LogP contribution is -2.54. The van der Waals surface area contributed by atoms with Gasteiger partial charge in [-0.3, -0.25) is 14.1 Å². The lowest BCUT2D eigenvalue weighted by Gasteiger charge is -2.36. The number of imidazole rings is 2. The van der Waals surface area contributed by atoms with Crippen LogP contribution in [0.25, 0.3) is 22.1 Å². The summed E-state index contributed by atoms with van der Waals surface area (Å²) in [5, 5.41) is 5.05. The molecule has 4 saturated heterocycles. The number of aromatic amines is 1.